The second kappa shape index (κ2) is 14.2. The van der Waals surface area contributed by atoms with Crippen LogP contribution in [0.3, 0.4) is 0 Å². The molecule has 1 fully saturated rings. The Balaban J connectivity index is 1.71. The number of aryl methyl sites for hydroxylation is 1. The predicted molar refractivity (Wildman–Crippen MR) is 163 cm³/mol. The quantitative estimate of drug-likeness (QED) is 0.277. The summed E-state index contributed by atoms with van der Waals surface area (Å²) in [5.74, 6) is -1.54. The Labute approximate surface area is 252 Å². The second-order valence-electron chi connectivity index (χ2n) is 10.7. The summed E-state index contributed by atoms with van der Waals surface area (Å²) >= 11 is 6.04. The van der Waals surface area contributed by atoms with Crippen LogP contribution in [0.25, 0.3) is 0 Å². The first kappa shape index (κ1) is 31.5. The van der Waals surface area contributed by atoms with Gasteiger partial charge in [-0.2, -0.15) is 0 Å². The van der Waals surface area contributed by atoms with Gasteiger partial charge in [-0.05, 0) is 62.1 Å². The van der Waals surface area contributed by atoms with Gasteiger partial charge < -0.3 is 10.2 Å². The molecule has 10 heteroatoms. The number of carbonyl (C=O) groups excluding carboxylic acids is 2. The molecule has 42 heavy (non-hydrogen) atoms. The molecule has 0 bridgehead atoms. The monoisotopic (exact) mass is 613 g/mol. The van der Waals surface area contributed by atoms with Gasteiger partial charge in [0.15, 0.2) is 0 Å². The summed E-state index contributed by atoms with van der Waals surface area (Å²) in [6.45, 7) is 3.29. The third-order valence-electron chi connectivity index (χ3n) is 7.61. The maximum Gasteiger partial charge on any atom is 0.264 e. The van der Waals surface area contributed by atoms with Crippen molar-refractivity contribution in [1.29, 1.82) is 0 Å². The third-order valence-corrected chi connectivity index (χ3v) is 9.69. The highest BCUT2D eigenvalue weighted by atomic mass is 35.5. The Morgan fingerprint density at radius 3 is 2.29 bits per heavy atom. The van der Waals surface area contributed by atoms with E-state index in [1.54, 1.807) is 18.2 Å². The number of sulfonamides is 1. The van der Waals surface area contributed by atoms with Crippen molar-refractivity contribution < 1.29 is 22.4 Å². The van der Waals surface area contributed by atoms with E-state index in [2.05, 4.69) is 5.32 Å². The maximum absolute atomic E-state index is 14.2. The van der Waals surface area contributed by atoms with E-state index in [-0.39, 0.29) is 34.1 Å². The molecule has 0 heterocycles. The summed E-state index contributed by atoms with van der Waals surface area (Å²) in [6, 6.07) is 18.1. The summed E-state index contributed by atoms with van der Waals surface area (Å²) in [5.41, 5.74) is 1.89. The predicted octanol–water partition coefficient (Wildman–Crippen LogP) is 6.24. The van der Waals surface area contributed by atoms with Gasteiger partial charge in [0, 0.05) is 12.6 Å². The van der Waals surface area contributed by atoms with Crippen LogP contribution >= 0.6 is 11.6 Å². The molecule has 4 rings (SSSR count). The average Bonchev–Trinajstić information content (AvgIpc) is 2.99. The van der Waals surface area contributed by atoms with Crippen LogP contribution in [0.2, 0.25) is 5.02 Å². The van der Waals surface area contributed by atoms with Gasteiger partial charge in [0.05, 0.1) is 15.6 Å². The molecule has 0 spiro atoms. The van der Waals surface area contributed by atoms with Crippen LogP contribution in [0.1, 0.15) is 56.6 Å². The van der Waals surface area contributed by atoms with E-state index >= 15 is 0 Å². The summed E-state index contributed by atoms with van der Waals surface area (Å²) in [6.07, 6.45) is 5.34. The number of nitrogens with one attached hydrogen (secondary N) is 1. The summed E-state index contributed by atoms with van der Waals surface area (Å²) in [7, 11) is -4.26. The first-order valence-electron chi connectivity index (χ1n) is 14.3. The standard InChI is InChI=1S/C32H37ClFN3O4S/c1-3-30(32(39)35-25-10-6-4-7-11-25)36(21-24-16-14-23(2)15-17-24)31(38)22-37(26-18-19-29(34)28(33)20-26)42(40,41)27-12-8-5-9-13-27/h5,8-9,12-20,25,30H,3-4,6-7,10-11,21-22H2,1-2H3,(H,35,39)/t30-/m0/s1. The van der Waals surface area contributed by atoms with Crippen LogP contribution in [0.15, 0.2) is 77.7 Å². The van der Waals surface area contributed by atoms with E-state index in [1.807, 2.05) is 38.1 Å². The molecule has 0 aliphatic heterocycles. The van der Waals surface area contributed by atoms with Crippen molar-refractivity contribution in [2.24, 2.45) is 0 Å². The molecule has 1 aliphatic rings. The van der Waals surface area contributed by atoms with Crippen molar-refractivity contribution in [2.45, 2.75) is 75.9 Å². The maximum atomic E-state index is 14.2. The van der Waals surface area contributed by atoms with Crippen LogP contribution < -0.4 is 9.62 Å². The molecular weight excluding hydrogens is 577 g/mol. The molecule has 1 saturated carbocycles. The van der Waals surface area contributed by atoms with Gasteiger partial charge in [0.1, 0.15) is 18.4 Å². The van der Waals surface area contributed by atoms with Crippen molar-refractivity contribution in [2.75, 3.05) is 10.8 Å². The fourth-order valence-electron chi connectivity index (χ4n) is 5.24. The SMILES string of the molecule is CC[C@@H](C(=O)NC1CCCCC1)N(Cc1ccc(C)cc1)C(=O)CN(c1ccc(F)c(Cl)c1)S(=O)(=O)c1ccccc1. The highest BCUT2D eigenvalue weighted by molar-refractivity contribution is 7.92. The number of carbonyl (C=O) groups is 2. The topological polar surface area (TPSA) is 86.8 Å². The van der Waals surface area contributed by atoms with E-state index < -0.39 is 34.3 Å². The largest absolute Gasteiger partial charge is 0.352 e. The molecule has 3 aromatic rings. The number of anilines is 1. The Bertz CT molecular complexity index is 1480. The van der Waals surface area contributed by atoms with Crippen molar-refractivity contribution in [1.82, 2.24) is 10.2 Å². The van der Waals surface area contributed by atoms with Crippen LogP contribution in [-0.2, 0) is 26.2 Å². The molecular formula is C32H37ClFN3O4S. The molecule has 7 nitrogen and oxygen atoms in total. The fourth-order valence-corrected chi connectivity index (χ4v) is 6.84. The van der Waals surface area contributed by atoms with Crippen LogP contribution in [0.4, 0.5) is 10.1 Å². The van der Waals surface area contributed by atoms with E-state index in [1.165, 1.54) is 29.2 Å². The van der Waals surface area contributed by atoms with Crippen molar-refractivity contribution in [3.63, 3.8) is 0 Å². The van der Waals surface area contributed by atoms with Crippen molar-refractivity contribution >= 4 is 39.1 Å². The van der Waals surface area contributed by atoms with Gasteiger partial charge in [-0.1, -0.05) is 85.8 Å². The number of hydrogen-bond donors (Lipinski definition) is 1. The lowest BCUT2D eigenvalue weighted by atomic mass is 9.95. The lowest BCUT2D eigenvalue weighted by Crippen LogP contribution is -2.54. The van der Waals surface area contributed by atoms with Gasteiger partial charge in [-0.3, -0.25) is 13.9 Å². The molecule has 2 amide bonds. The van der Waals surface area contributed by atoms with Gasteiger partial charge in [-0.25, -0.2) is 12.8 Å². The molecule has 1 aliphatic carbocycles. The van der Waals surface area contributed by atoms with Gasteiger partial charge in [0.25, 0.3) is 10.0 Å². The number of halogens is 2. The Hall–Kier alpha value is -3.43. The Morgan fingerprint density at radius 2 is 1.67 bits per heavy atom. The normalized spacial score (nSPS) is 14.7. The minimum Gasteiger partial charge on any atom is -0.352 e. The molecule has 3 aromatic carbocycles. The average molecular weight is 614 g/mol. The van der Waals surface area contributed by atoms with Gasteiger partial charge >= 0.3 is 0 Å². The smallest absolute Gasteiger partial charge is 0.264 e. The molecule has 1 N–H and O–H groups in total. The first-order chi connectivity index (χ1) is 20.1. The number of hydrogen-bond acceptors (Lipinski definition) is 4. The molecule has 0 radical (unpaired) electrons. The number of rotatable bonds is 11. The zero-order valence-electron chi connectivity index (χ0n) is 23.9. The third kappa shape index (κ3) is 7.69. The van der Waals surface area contributed by atoms with Crippen LogP contribution in [-0.4, -0.2) is 43.8 Å². The zero-order chi connectivity index (χ0) is 30.3. The Morgan fingerprint density at radius 1 is 1.00 bits per heavy atom. The van der Waals surface area contributed by atoms with E-state index in [0.717, 1.165) is 53.6 Å². The molecule has 0 aromatic heterocycles. The summed E-state index contributed by atoms with van der Waals surface area (Å²) in [4.78, 5) is 29.2. The molecule has 1 atom stereocenters. The lowest BCUT2D eigenvalue weighted by molar-refractivity contribution is -0.140. The lowest BCUT2D eigenvalue weighted by Gasteiger charge is -2.34. The van der Waals surface area contributed by atoms with Gasteiger partial charge in [0.2, 0.25) is 11.8 Å². The minimum absolute atomic E-state index is 0.0357. The van der Waals surface area contributed by atoms with E-state index in [9.17, 15) is 22.4 Å². The Kier molecular flexibility index (Phi) is 10.6. The molecule has 224 valence electrons. The minimum atomic E-state index is -4.26. The summed E-state index contributed by atoms with van der Waals surface area (Å²) in [5, 5.41) is 2.86. The number of nitrogens with zero attached hydrogens (tertiary/aromatic N) is 2. The van der Waals surface area contributed by atoms with Crippen molar-refractivity contribution in [3.8, 4) is 0 Å². The number of benzene rings is 3. The van der Waals surface area contributed by atoms with Crippen molar-refractivity contribution in [3.05, 3.63) is 94.8 Å². The first-order valence-corrected chi connectivity index (χ1v) is 16.1. The second-order valence-corrected chi connectivity index (χ2v) is 13.0. The highest BCUT2D eigenvalue weighted by Crippen LogP contribution is 2.28. The molecule has 0 saturated heterocycles. The fraction of sp³-hybridized carbons (Fsp3) is 0.375. The highest BCUT2D eigenvalue weighted by Gasteiger charge is 2.34. The van der Waals surface area contributed by atoms with Crippen LogP contribution in [0.5, 0.6) is 0 Å². The van der Waals surface area contributed by atoms with E-state index in [0.29, 0.717) is 6.42 Å². The summed E-state index contributed by atoms with van der Waals surface area (Å²) < 4.78 is 42.7. The van der Waals surface area contributed by atoms with E-state index in [4.69, 9.17) is 11.6 Å². The van der Waals surface area contributed by atoms with Gasteiger partial charge in [-0.15, -0.1) is 0 Å². The zero-order valence-corrected chi connectivity index (χ0v) is 25.5. The van der Waals surface area contributed by atoms with Crippen LogP contribution in [0, 0.1) is 12.7 Å². The number of amides is 2. The molecule has 0 unspecified atom stereocenters.